The summed E-state index contributed by atoms with van der Waals surface area (Å²) in [5.74, 6) is 0.960. The predicted molar refractivity (Wildman–Crippen MR) is 99.2 cm³/mol. The zero-order chi connectivity index (χ0) is 19.0. The maximum atomic E-state index is 12.2. The van der Waals surface area contributed by atoms with Gasteiger partial charge in [0.15, 0.2) is 5.96 Å². The Kier molecular flexibility index (Phi) is 7.75. The zero-order valence-electron chi connectivity index (χ0n) is 15.6. The Hall–Kier alpha value is -1.76. The lowest BCUT2D eigenvalue weighted by atomic mass is 9.96. The Morgan fingerprint density at radius 2 is 1.81 bits per heavy atom. The summed E-state index contributed by atoms with van der Waals surface area (Å²) < 4.78 is 36.6. The van der Waals surface area contributed by atoms with Gasteiger partial charge in [-0.25, -0.2) is 0 Å². The lowest BCUT2D eigenvalue weighted by molar-refractivity contribution is -0.132. The number of rotatable bonds is 6. The van der Waals surface area contributed by atoms with Crippen molar-refractivity contribution < 1.29 is 13.2 Å². The van der Waals surface area contributed by atoms with Gasteiger partial charge in [-0.3, -0.25) is 9.89 Å². The number of alkyl halides is 3. The molecular formula is C19H29F3N4. The van der Waals surface area contributed by atoms with Gasteiger partial charge in [0, 0.05) is 26.7 Å². The average molecular weight is 370 g/mol. The zero-order valence-corrected chi connectivity index (χ0v) is 15.6. The molecule has 7 heteroatoms. The summed E-state index contributed by atoms with van der Waals surface area (Å²) in [6.07, 6.45) is -2.84. The molecule has 0 saturated carbocycles. The molecule has 26 heavy (non-hydrogen) atoms. The summed E-state index contributed by atoms with van der Waals surface area (Å²) in [5, 5.41) is 5.87. The molecule has 0 unspecified atom stereocenters. The van der Waals surface area contributed by atoms with Gasteiger partial charge >= 0.3 is 6.18 Å². The summed E-state index contributed by atoms with van der Waals surface area (Å²) in [4.78, 5) is 6.44. The molecule has 1 aliphatic heterocycles. The summed E-state index contributed by atoms with van der Waals surface area (Å²) in [6.45, 7) is 5.73. The van der Waals surface area contributed by atoms with E-state index in [1.165, 1.54) is 11.1 Å². The van der Waals surface area contributed by atoms with Crippen molar-refractivity contribution >= 4 is 5.96 Å². The van der Waals surface area contributed by atoms with Crippen LogP contribution in [0.5, 0.6) is 0 Å². The van der Waals surface area contributed by atoms with Crippen LogP contribution in [0.4, 0.5) is 13.2 Å². The number of nitrogens with one attached hydrogen (secondary N) is 2. The highest BCUT2D eigenvalue weighted by Crippen LogP contribution is 2.19. The summed E-state index contributed by atoms with van der Waals surface area (Å²) in [7, 11) is 1.58. The molecular weight excluding hydrogens is 341 g/mol. The Labute approximate surface area is 153 Å². The Morgan fingerprint density at radius 3 is 2.38 bits per heavy atom. The van der Waals surface area contributed by atoms with Gasteiger partial charge in [0.1, 0.15) is 0 Å². The van der Waals surface area contributed by atoms with Gasteiger partial charge < -0.3 is 10.6 Å². The van der Waals surface area contributed by atoms with Gasteiger partial charge in [0.25, 0.3) is 0 Å². The van der Waals surface area contributed by atoms with Crippen molar-refractivity contribution in [3.63, 3.8) is 0 Å². The average Bonchev–Trinajstić information content (AvgIpc) is 2.60. The van der Waals surface area contributed by atoms with E-state index in [4.69, 9.17) is 0 Å². The SMILES string of the molecule is CN=C(NCCC(F)(F)F)NCC1CCN(Cc2ccc(C)cc2)CC1. The van der Waals surface area contributed by atoms with Crippen LogP contribution in [0.1, 0.15) is 30.4 Å². The fraction of sp³-hybridized carbons (Fsp3) is 0.632. The molecule has 2 N–H and O–H groups in total. The highest BCUT2D eigenvalue weighted by Gasteiger charge is 2.26. The third-order valence-corrected chi connectivity index (χ3v) is 4.72. The van der Waals surface area contributed by atoms with Crippen LogP contribution >= 0.6 is 0 Å². The number of nitrogens with zero attached hydrogens (tertiary/aromatic N) is 2. The van der Waals surface area contributed by atoms with Gasteiger partial charge in [-0.2, -0.15) is 13.2 Å². The van der Waals surface area contributed by atoms with Crippen LogP contribution in [0.15, 0.2) is 29.3 Å². The second-order valence-corrected chi connectivity index (χ2v) is 6.95. The van der Waals surface area contributed by atoms with E-state index < -0.39 is 12.6 Å². The molecule has 0 atom stereocenters. The number of piperidine rings is 1. The molecule has 4 nitrogen and oxygen atoms in total. The Bertz CT molecular complexity index is 561. The van der Waals surface area contributed by atoms with Crippen molar-refractivity contribution in [2.45, 2.75) is 38.9 Å². The summed E-state index contributed by atoms with van der Waals surface area (Å²) in [5.41, 5.74) is 2.61. The normalized spacial score (nSPS) is 17.3. The second kappa shape index (κ2) is 9.80. The molecule has 1 aliphatic rings. The summed E-state index contributed by atoms with van der Waals surface area (Å²) in [6, 6.07) is 8.64. The third-order valence-electron chi connectivity index (χ3n) is 4.72. The lowest BCUT2D eigenvalue weighted by Crippen LogP contribution is -2.43. The van der Waals surface area contributed by atoms with E-state index in [0.717, 1.165) is 39.0 Å². The highest BCUT2D eigenvalue weighted by molar-refractivity contribution is 5.79. The van der Waals surface area contributed by atoms with Crippen LogP contribution < -0.4 is 10.6 Å². The molecule has 0 aromatic heterocycles. The van der Waals surface area contributed by atoms with E-state index in [-0.39, 0.29) is 6.54 Å². The van der Waals surface area contributed by atoms with Crippen molar-refractivity contribution in [3.8, 4) is 0 Å². The number of guanidine groups is 1. The van der Waals surface area contributed by atoms with Crippen molar-refractivity contribution in [1.29, 1.82) is 0 Å². The van der Waals surface area contributed by atoms with E-state index in [9.17, 15) is 13.2 Å². The number of benzene rings is 1. The number of hydrogen-bond donors (Lipinski definition) is 2. The maximum absolute atomic E-state index is 12.2. The van der Waals surface area contributed by atoms with Crippen LogP contribution in [-0.2, 0) is 6.54 Å². The first-order valence-electron chi connectivity index (χ1n) is 9.15. The fourth-order valence-electron chi connectivity index (χ4n) is 3.08. The molecule has 0 spiro atoms. The molecule has 1 aromatic carbocycles. The molecule has 2 rings (SSSR count). The van der Waals surface area contributed by atoms with Gasteiger partial charge in [-0.05, 0) is 44.3 Å². The lowest BCUT2D eigenvalue weighted by Gasteiger charge is -2.32. The minimum Gasteiger partial charge on any atom is -0.356 e. The van der Waals surface area contributed by atoms with Gasteiger partial charge in [-0.1, -0.05) is 29.8 Å². The second-order valence-electron chi connectivity index (χ2n) is 6.95. The molecule has 1 fully saturated rings. The molecule has 1 heterocycles. The minimum absolute atomic E-state index is 0.155. The standard InChI is InChI=1S/C19H29F3N4/c1-15-3-5-17(6-4-15)14-26-11-7-16(8-12-26)13-25-18(23-2)24-10-9-19(20,21)22/h3-6,16H,7-14H2,1-2H3,(H2,23,24,25). The minimum atomic E-state index is -4.14. The van der Waals surface area contributed by atoms with Gasteiger partial charge in [0.2, 0.25) is 0 Å². The van der Waals surface area contributed by atoms with Crippen LogP contribution in [0.2, 0.25) is 0 Å². The number of aliphatic imine (C=N–C) groups is 1. The van der Waals surface area contributed by atoms with Crippen molar-refractivity contribution in [1.82, 2.24) is 15.5 Å². The van der Waals surface area contributed by atoms with E-state index in [1.807, 2.05) is 0 Å². The van der Waals surface area contributed by atoms with Crippen LogP contribution in [0.3, 0.4) is 0 Å². The topological polar surface area (TPSA) is 39.7 Å². The number of halogens is 3. The first-order chi connectivity index (χ1) is 12.4. The monoisotopic (exact) mass is 370 g/mol. The van der Waals surface area contributed by atoms with Crippen molar-refractivity contribution in [2.24, 2.45) is 10.9 Å². The van der Waals surface area contributed by atoms with E-state index in [2.05, 4.69) is 51.7 Å². The number of hydrogen-bond acceptors (Lipinski definition) is 2. The Balaban J connectivity index is 1.65. The molecule has 1 saturated heterocycles. The largest absolute Gasteiger partial charge is 0.390 e. The molecule has 0 radical (unpaired) electrons. The van der Waals surface area contributed by atoms with E-state index in [0.29, 0.717) is 11.9 Å². The first kappa shape index (κ1) is 20.6. The van der Waals surface area contributed by atoms with E-state index in [1.54, 1.807) is 7.05 Å². The van der Waals surface area contributed by atoms with Crippen molar-refractivity contribution in [2.75, 3.05) is 33.2 Å². The number of likely N-dealkylation sites (tertiary alicyclic amines) is 1. The molecule has 146 valence electrons. The van der Waals surface area contributed by atoms with Crippen LogP contribution in [0, 0.1) is 12.8 Å². The van der Waals surface area contributed by atoms with E-state index >= 15 is 0 Å². The molecule has 1 aromatic rings. The highest BCUT2D eigenvalue weighted by atomic mass is 19.4. The maximum Gasteiger partial charge on any atom is 0.390 e. The van der Waals surface area contributed by atoms with Crippen molar-refractivity contribution in [3.05, 3.63) is 35.4 Å². The smallest absolute Gasteiger partial charge is 0.356 e. The fourth-order valence-corrected chi connectivity index (χ4v) is 3.08. The van der Waals surface area contributed by atoms with Gasteiger partial charge in [-0.15, -0.1) is 0 Å². The summed E-state index contributed by atoms with van der Waals surface area (Å²) >= 11 is 0. The Morgan fingerprint density at radius 1 is 1.15 bits per heavy atom. The predicted octanol–water partition coefficient (Wildman–Crippen LogP) is 3.32. The third kappa shape index (κ3) is 7.64. The van der Waals surface area contributed by atoms with Crippen LogP contribution in [0.25, 0.3) is 0 Å². The van der Waals surface area contributed by atoms with Gasteiger partial charge in [0.05, 0.1) is 6.42 Å². The number of aryl methyl sites for hydroxylation is 1. The van der Waals surface area contributed by atoms with Crippen LogP contribution in [-0.4, -0.2) is 50.3 Å². The molecule has 0 amide bonds. The first-order valence-corrected chi connectivity index (χ1v) is 9.15. The molecule has 0 aliphatic carbocycles. The molecule has 0 bridgehead atoms. The quantitative estimate of drug-likeness (QED) is 0.596.